The van der Waals surface area contributed by atoms with Crippen molar-refractivity contribution in [2.45, 2.75) is 6.92 Å². The maximum atomic E-state index is 5.42. The largest absolute Gasteiger partial charge is 0.278 e. The summed E-state index contributed by atoms with van der Waals surface area (Å²) in [5, 5.41) is 0. The Morgan fingerprint density at radius 3 is 0.987 bits per heavy atom. The van der Waals surface area contributed by atoms with Crippen LogP contribution in [-0.4, -0.2) is 27.9 Å². The van der Waals surface area contributed by atoms with Crippen molar-refractivity contribution in [1.82, 2.24) is 27.9 Å². The fourth-order valence-electron chi connectivity index (χ4n) is 11.7. The Morgan fingerprint density at radius 2 is 0.600 bits per heavy atom. The van der Waals surface area contributed by atoms with Crippen molar-refractivity contribution in [1.29, 1.82) is 0 Å². The van der Waals surface area contributed by atoms with E-state index in [0.29, 0.717) is 0 Å². The van der Waals surface area contributed by atoms with Crippen molar-refractivity contribution in [2.24, 2.45) is 0 Å². The van der Waals surface area contributed by atoms with E-state index in [4.69, 9.17) is 9.97 Å². The molecule has 0 atom stereocenters. The van der Waals surface area contributed by atoms with Crippen LogP contribution in [0.5, 0.6) is 0 Å². The molecule has 0 amide bonds. The van der Waals surface area contributed by atoms with E-state index in [-0.39, 0.29) is 0 Å². The van der Waals surface area contributed by atoms with Gasteiger partial charge in [-0.05, 0) is 158 Å². The molecule has 0 saturated heterocycles. The van der Waals surface area contributed by atoms with Gasteiger partial charge in [-0.3, -0.25) is 17.9 Å². The lowest BCUT2D eigenvalue weighted by Crippen LogP contribution is -1.98. The fourth-order valence-corrected chi connectivity index (χ4v) is 11.7. The van der Waals surface area contributed by atoms with E-state index in [2.05, 4.69) is 286 Å². The first-order valence-corrected chi connectivity index (χ1v) is 25.6. The number of benzene rings is 11. The van der Waals surface area contributed by atoms with E-state index in [1.165, 1.54) is 38.9 Å². The third-order valence-electron chi connectivity index (χ3n) is 15.2. The van der Waals surface area contributed by atoms with Gasteiger partial charge < -0.3 is 0 Å². The van der Waals surface area contributed by atoms with E-state index in [0.717, 1.165) is 100 Å². The Morgan fingerprint density at radius 1 is 0.267 bits per heavy atom. The van der Waals surface area contributed by atoms with Crippen LogP contribution in [0.2, 0.25) is 0 Å². The molecule has 352 valence electrons. The number of nitrogens with zero attached hydrogens (tertiary/aromatic N) is 6. The van der Waals surface area contributed by atoms with Crippen LogP contribution in [-0.2, 0) is 0 Å². The monoisotopic (exact) mass is 958 g/mol. The Bertz CT molecular complexity index is 4370. The highest BCUT2D eigenvalue weighted by molar-refractivity contribution is 6.03. The van der Waals surface area contributed by atoms with E-state index in [9.17, 15) is 0 Å². The molecular formula is C69H46N6. The number of aromatic nitrogens is 6. The second-order valence-corrected chi connectivity index (χ2v) is 19.5. The number of imidazole rings is 4. The van der Waals surface area contributed by atoms with Gasteiger partial charge in [0.1, 0.15) is 0 Å². The second-order valence-electron chi connectivity index (χ2n) is 19.5. The van der Waals surface area contributed by atoms with Gasteiger partial charge in [0.15, 0.2) is 0 Å². The zero-order valence-electron chi connectivity index (χ0n) is 41.0. The van der Waals surface area contributed by atoms with Gasteiger partial charge in [-0.25, -0.2) is 9.97 Å². The summed E-state index contributed by atoms with van der Waals surface area (Å²) in [6.07, 6.45) is 0. The Labute approximate surface area is 432 Å². The summed E-state index contributed by atoms with van der Waals surface area (Å²) in [7, 11) is 0. The van der Waals surface area contributed by atoms with Crippen LogP contribution in [0.15, 0.2) is 261 Å². The Balaban J connectivity index is 1.01. The van der Waals surface area contributed by atoms with Crippen LogP contribution < -0.4 is 0 Å². The van der Waals surface area contributed by atoms with Gasteiger partial charge in [-0.15, -0.1) is 0 Å². The molecule has 0 aliphatic rings. The lowest BCUT2D eigenvalue weighted by Gasteiger charge is -2.22. The quantitative estimate of drug-likeness (QED) is 0.152. The van der Waals surface area contributed by atoms with Gasteiger partial charge >= 0.3 is 0 Å². The van der Waals surface area contributed by atoms with Crippen LogP contribution in [0.1, 0.15) is 5.56 Å². The maximum Gasteiger partial charge on any atom is 0.220 e. The molecule has 6 heteroatoms. The van der Waals surface area contributed by atoms with Crippen molar-refractivity contribution in [3.63, 3.8) is 0 Å². The number of rotatable bonds is 8. The topological polar surface area (TPSA) is 44.5 Å². The summed E-state index contributed by atoms with van der Waals surface area (Å²) < 4.78 is 9.30. The summed E-state index contributed by atoms with van der Waals surface area (Å²) in [5.74, 6) is 1.75. The Kier molecular flexibility index (Phi) is 9.69. The number of hydrogen-bond acceptors (Lipinski definition) is 2. The molecule has 0 saturated carbocycles. The molecule has 6 nitrogen and oxygen atoms in total. The first-order valence-electron chi connectivity index (χ1n) is 25.6. The van der Waals surface area contributed by atoms with Gasteiger partial charge in [0.05, 0.1) is 44.1 Å². The number of hydrogen-bond donors (Lipinski definition) is 0. The van der Waals surface area contributed by atoms with Crippen LogP contribution in [0.25, 0.3) is 134 Å². The number of para-hydroxylation sites is 2. The molecular weight excluding hydrogens is 913 g/mol. The van der Waals surface area contributed by atoms with Crippen LogP contribution >= 0.6 is 0 Å². The van der Waals surface area contributed by atoms with E-state index < -0.39 is 0 Å². The first-order chi connectivity index (χ1) is 37.1. The Hall–Kier alpha value is -10.0. The molecule has 0 fully saturated rings. The van der Waals surface area contributed by atoms with Crippen molar-refractivity contribution >= 4 is 55.7 Å². The lowest BCUT2D eigenvalue weighted by atomic mass is 9.81. The van der Waals surface area contributed by atoms with Crippen molar-refractivity contribution in [3.05, 3.63) is 266 Å². The molecule has 0 N–H and O–H groups in total. The average molecular weight is 959 g/mol. The second kappa shape index (κ2) is 17.0. The molecule has 0 bridgehead atoms. The minimum atomic E-state index is 0.874. The molecule has 75 heavy (non-hydrogen) atoms. The third-order valence-corrected chi connectivity index (χ3v) is 15.2. The van der Waals surface area contributed by atoms with E-state index in [1.54, 1.807) is 0 Å². The summed E-state index contributed by atoms with van der Waals surface area (Å²) in [6, 6.07) is 93.9. The first kappa shape index (κ1) is 42.6. The molecule has 4 aromatic heterocycles. The van der Waals surface area contributed by atoms with Gasteiger partial charge in [-0.2, -0.15) is 0 Å². The predicted octanol–water partition coefficient (Wildman–Crippen LogP) is 17.5. The zero-order chi connectivity index (χ0) is 49.6. The fraction of sp³-hybridized carbons (Fsp3) is 0.0145. The lowest BCUT2D eigenvalue weighted by molar-refractivity contribution is 1.11. The van der Waals surface area contributed by atoms with E-state index in [1.807, 2.05) is 0 Å². The van der Waals surface area contributed by atoms with Crippen molar-refractivity contribution in [2.75, 3.05) is 0 Å². The molecule has 0 spiro atoms. The molecule has 15 rings (SSSR count). The standard InChI is InChI=1S/C69H46N6/c1-45-66(52-32-36-58-62(42-52)74-64-40-50(46-20-8-2-9-21-46)34-38-60(64)72(68(74)70-58)54-28-16-6-17-29-54)56(48-24-12-4-13-25-48)44-57(49-26-14-5-15-27-49)67(45)53-33-37-59-63(43-53)75-65-41-51(47-22-10-3-11-23-47)35-39-61(65)73(69(75)71-59)55-30-18-7-19-31-55/h2-44H,1H3. The summed E-state index contributed by atoms with van der Waals surface area (Å²) in [6.45, 7) is 2.32. The summed E-state index contributed by atoms with van der Waals surface area (Å²) in [5.41, 5.74) is 25.6. The molecule has 11 aromatic carbocycles. The molecule has 4 heterocycles. The van der Waals surface area contributed by atoms with Crippen molar-refractivity contribution in [3.8, 4) is 78.1 Å². The van der Waals surface area contributed by atoms with Crippen molar-refractivity contribution < 1.29 is 0 Å². The van der Waals surface area contributed by atoms with Crippen LogP contribution in [0.3, 0.4) is 0 Å². The molecule has 0 aliphatic carbocycles. The van der Waals surface area contributed by atoms with E-state index >= 15 is 0 Å². The SMILES string of the molecule is Cc1c(-c2ccc3nc4n(-c5ccccc5)c5ccc(-c6ccccc6)cc5n4c3c2)c(-c2ccccc2)cc(-c2ccccc2)c1-c1ccc2nc3n(-c4ccccc4)c4ccc(-c5ccccc5)cc4n3c2c1. The van der Waals surface area contributed by atoms with Crippen LogP contribution in [0, 0.1) is 6.92 Å². The smallest absolute Gasteiger partial charge is 0.220 e. The highest BCUT2D eigenvalue weighted by Crippen LogP contribution is 2.47. The molecule has 15 aromatic rings. The molecule has 0 aliphatic heterocycles. The van der Waals surface area contributed by atoms with Gasteiger partial charge in [0, 0.05) is 11.4 Å². The molecule has 0 radical (unpaired) electrons. The van der Waals surface area contributed by atoms with Gasteiger partial charge in [0.25, 0.3) is 0 Å². The number of fused-ring (bicyclic) bond motifs is 10. The highest BCUT2D eigenvalue weighted by Gasteiger charge is 2.25. The van der Waals surface area contributed by atoms with Gasteiger partial charge in [0.2, 0.25) is 11.6 Å². The highest BCUT2D eigenvalue weighted by atomic mass is 15.2. The minimum absolute atomic E-state index is 0.874. The zero-order valence-corrected chi connectivity index (χ0v) is 41.0. The predicted molar refractivity (Wildman–Crippen MR) is 310 cm³/mol. The molecule has 0 unspecified atom stereocenters. The normalized spacial score (nSPS) is 11.8. The summed E-state index contributed by atoms with van der Waals surface area (Å²) in [4.78, 5) is 10.8. The summed E-state index contributed by atoms with van der Waals surface area (Å²) >= 11 is 0. The third kappa shape index (κ3) is 6.80. The van der Waals surface area contributed by atoms with Gasteiger partial charge in [-0.1, -0.05) is 182 Å². The minimum Gasteiger partial charge on any atom is -0.278 e. The average Bonchev–Trinajstić information content (AvgIpc) is 4.22. The maximum absolute atomic E-state index is 5.42. The van der Waals surface area contributed by atoms with Crippen LogP contribution in [0.4, 0.5) is 0 Å².